The van der Waals surface area contributed by atoms with Gasteiger partial charge in [-0.3, -0.25) is 4.79 Å². The Hall–Kier alpha value is -1.75. The Labute approximate surface area is 125 Å². The molecule has 21 heavy (non-hydrogen) atoms. The number of nitrogens with one attached hydrogen (secondary N) is 1. The van der Waals surface area contributed by atoms with Crippen LogP contribution in [-0.2, 0) is 0 Å². The van der Waals surface area contributed by atoms with Crippen LogP contribution in [0.1, 0.15) is 43.0 Å². The lowest BCUT2D eigenvalue weighted by atomic mass is 9.79. The Kier molecular flexibility index (Phi) is 4.73. The van der Waals surface area contributed by atoms with Crippen LogP contribution in [0.25, 0.3) is 0 Å². The normalized spacial score (nSPS) is 25.4. The molecule has 1 aliphatic carbocycles. The van der Waals surface area contributed by atoms with Gasteiger partial charge in [0.1, 0.15) is 11.3 Å². The molecule has 1 aliphatic rings. The smallest absolute Gasteiger partial charge is 0.257 e. The highest BCUT2D eigenvalue weighted by molar-refractivity contribution is 6.01. The highest BCUT2D eigenvalue weighted by Gasteiger charge is 2.32. The molecule has 2 rings (SSSR count). The van der Waals surface area contributed by atoms with Gasteiger partial charge in [-0.25, -0.2) is 0 Å². The molecule has 0 aromatic heterocycles. The minimum absolute atomic E-state index is 0.246. The Balaban J connectivity index is 2.02. The van der Waals surface area contributed by atoms with Crippen molar-refractivity contribution in [2.75, 3.05) is 19.4 Å². The number of nitrogen functional groups attached to an aromatic ring is 1. The fourth-order valence-corrected chi connectivity index (χ4v) is 2.77. The van der Waals surface area contributed by atoms with Gasteiger partial charge in [0.25, 0.3) is 5.91 Å². The fraction of sp³-hybridized carbons (Fsp3) is 0.562. The summed E-state index contributed by atoms with van der Waals surface area (Å²) in [6.07, 6.45) is 3.41. The number of benzene rings is 1. The summed E-state index contributed by atoms with van der Waals surface area (Å²) >= 11 is 0. The number of methoxy groups -OCH3 is 1. The number of aliphatic hydroxyl groups is 1. The quantitative estimate of drug-likeness (QED) is 0.741. The minimum atomic E-state index is -0.807. The Morgan fingerprint density at radius 2 is 2.14 bits per heavy atom. The Bertz CT molecular complexity index is 508. The Morgan fingerprint density at radius 1 is 1.48 bits per heavy atom. The molecule has 0 unspecified atom stereocenters. The molecular weight excluding hydrogens is 268 g/mol. The van der Waals surface area contributed by atoms with E-state index in [-0.39, 0.29) is 12.5 Å². The summed E-state index contributed by atoms with van der Waals surface area (Å²) in [5.74, 6) is 0.777. The molecule has 0 spiro atoms. The molecule has 5 heteroatoms. The molecular formula is C16H24N2O3. The maximum Gasteiger partial charge on any atom is 0.257 e. The van der Waals surface area contributed by atoms with Crippen molar-refractivity contribution >= 4 is 11.6 Å². The van der Waals surface area contributed by atoms with Crippen molar-refractivity contribution in [3.05, 3.63) is 23.8 Å². The average molecular weight is 292 g/mol. The van der Waals surface area contributed by atoms with Crippen molar-refractivity contribution in [2.24, 2.45) is 5.92 Å². The van der Waals surface area contributed by atoms with Crippen molar-refractivity contribution in [1.82, 2.24) is 5.32 Å². The summed E-state index contributed by atoms with van der Waals surface area (Å²) in [6, 6.07) is 5.09. The third-order valence-corrected chi connectivity index (χ3v) is 4.29. The first kappa shape index (κ1) is 15.6. The van der Waals surface area contributed by atoms with E-state index in [0.29, 0.717) is 22.9 Å². The second-order valence-corrected chi connectivity index (χ2v) is 6.01. The maximum absolute atomic E-state index is 12.3. The highest BCUT2D eigenvalue weighted by atomic mass is 16.5. The number of ether oxygens (including phenoxy) is 1. The number of hydrogen-bond donors (Lipinski definition) is 3. The zero-order chi connectivity index (χ0) is 15.5. The fourth-order valence-electron chi connectivity index (χ4n) is 2.77. The van der Waals surface area contributed by atoms with Gasteiger partial charge in [-0.2, -0.15) is 0 Å². The van der Waals surface area contributed by atoms with Crippen LogP contribution < -0.4 is 15.8 Å². The topological polar surface area (TPSA) is 84.6 Å². The van der Waals surface area contributed by atoms with Gasteiger partial charge >= 0.3 is 0 Å². The van der Waals surface area contributed by atoms with E-state index in [4.69, 9.17) is 10.5 Å². The van der Waals surface area contributed by atoms with Crippen LogP contribution in [0.4, 0.5) is 5.69 Å². The zero-order valence-corrected chi connectivity index (χ0v) is 12.7. The SMILES string of the molecule is COc1cccc(N)c1C(=O)NCC1(O)CCC(C)CC1. The number of anilines is 1. The van der Waals surface area contributed by atoms with Crippen LogP contribution in [-0.4, -0.2) is 30.3 Å². The molecule has 1 fully saturated rings. The lowest BCUT2D eigenvalue weighted by molar-refractivity contribution is -0.00541. The molecule has 116 valence electrons. The van der Waals surface area contributed by atoms with Crippen LogP contribution in [0.15, 0.2) is 18.2 Å². The van der Waals surface area contributed by atoms with Gasteiger partial charge in [0.2, 0.25) is 0 Å². The van der Waals surface area contributed by atoms with Crippen LogP contribution in [0.2, 0.25) is 0 Å². The molecule has 1 aromatic rings. The van der Waals surface area contributed by atoms with Crippen LogP contribution >= 0.6 is 0 Å². The van der Waals surface area contributed by atoms with Crippen molar-refractivity contribution < 1.29 is 14.6 Å². The third-order valence-electron chi connectivity index (χ3n) is 4.29. The number of nitrogens with two attached hydrogens (primary N) is 1. The summed E-state index contributed by atoms with van der Waals surface area (Å²) in [5.41, 5.74) is 5.75. The standard InChI is InChI=1S/C16H24N2O3/c1-11-6-8-16(20,9-7-11)10-18-15(19)14-12(17)4-3-5-13(14)21-2/h3-5,11,20H,6-10,17H2,1-2H3,(H,18,19). The van der Waals surface area contributed by atoms with Gasteiger partial charge < -0.3 is 20.9 Å². The van der Waals surface area contributed by atoms with E-state index < -0.39 is 5.60 Å². The summed E-state index contributed by atoms with van der Waals surface area (Å²) in [4.78, 5) is 12.3. The Morgan fingerprint density at radius 3 is 2.76 bits per heavy atom. The molecule has 5 nitrogen and oxygen atoms in total. The molecule has 1 aromatic carbocycles. The minimum Gasteiger partial charge on any atom is -0.496 e. The summed E-state index contributed by atoms with van der Waals surface area (Å²) < 4.78 is 5.17. The number of carbonyl (C=O) groups is 1. The lowest BCUT2D eigenvalue weighted by Gasteiger charge is -2.35. The molecule has 0 bridgehead atoms. The molecule has 0 saturated heterocycles. The maximum atomic E-state index is 12.3. The van der Waals surface area contributed by atoms with Gasteiger partial charge in [-0.05, 0) is 43.7 Å². The van der Waals surface area contributed by atoms with E-state index in [1.165, 1.54) is 7.11 Å². The number of carbonyl (C=O) groups excluding carboxylic acids is 1. The third kappa shape index (κ3) is 3.67. The first-order valence-corrected chi connectivity index (χ1v) is 7.38. The summed E-state index contributed by atoms with van der Waals surface area (Å²) in [5, 5.41) is 13.3. The monoisotopic (exact) mass is 292 g/mol. The van der Waals surface area contributed by atoms with Gasteiger partial charge in [0.15, 0.2) is 0 Å². The first-order valence-electron chi connectivity index (χ1n) is 7.38. The predicted octanol–water partition coefficient (Wildman–Crippen LogP) is 1.95. The number of rotatable bonds is 4. The second kappa shape index (κ2) is 6.35. The van der Waals surface area contributed by atoms with Gasteiger partial charge in [0, 0.05) is 12.2 Å². The summed E-state index contributed by atoms with van der Waals surface area (Å²) in [6.45, 7) is 2.43. The van der Waals surface area contributed by atoms with E-state index in [1.54, 1.807) is 18.2 Å². The zero-order valence-electron chi connectivity index (χ0n) is 12.7. The largest absolute Gasteiger partial charge is 0.496 e. The summed E-state index contributed by atoms with van der Waals surface area (Å²) in [7, 11) is 1.50. The van der Waals surface area contributed by atoms with Crippen molar-refractivity contribution in [1.29, 1.82) is 0 Å². The van der Waals surface area contributed by atoms with Crippen molar-refractivity contribution in [3.8, 4) is 5.75 Å². The van der Waals surface area contributed by atoms with E-state index in [0.717, 1.165) is 25.7 Å². The van der Waals surface area contributed by atoms with Gasteiger partial charge in [-0.1, -0.05) is 13.0 Å². The molecule has 0 aliphatic heterocycles. The second-order valence-electron chi connectivity index (χ2n) is 6.01. The van der Waals surface area contributed by atoms with E-state index in [1.807, 2.05) is 0 Å². The van der Waals surface area contributed by atoms with E-state index in [9.17, 15) is 9.90 Å². The lowest BCUT2D eigenvalue weighted by Crippen LogP contribution is -2.45. The van der Waals surface area contributed by atoms with Crippen LogP contribution in [0, 0.1) is 5.92 Å². The van der Waals surface area contributed by atoms with Gasteiger partial charge in [-0.15, -0.1) is 0 Å². The molecule has 0 heterocycles. The van der Waals surface area contributed by atoms with Crippen molar-refractivity contribution in [2.45, 2.75) is 38.2 Å². The van der Waals surface area contributed by atoms with Gasteiger partial charge in [0.05, 0.1) is 12.7 Å². The van der Waals surface area contributed by atoms with Crippen LogP contribution in [0.5, 0.6) is 5.75 Å². The molecule has 1 amide bonds. The predicted molar refractivity (Wildman–Crippen MR) is 82.3 cm³/mol. The number of amides is 1. The van der Waals surface area contributed by atoms with Crippen molar-refractivity contribution in [3.63, 3.8) is 0 Å². The highest BCUT2D eigenvalue weighted by Crippen LogP contribution is 2.31. The van der Waals surface area contributed by atoms with E-state index >= 15 is 0 Å². The number of hydrogen-bond acceptors (Lipinski definition) is 4. The average Bonchev–Trinajstić information content (AvgIpc) is 2.48. The molecule has 0 radical (unpaired) electrons. The van der Waals surface area contributed by atoms with Crippen LogP contribution in [0.3, 0.4) is 0 Å². The molecule has 1 saturated carbocycles. The first-order chi connectivity index (χ1) is 9.95. The van der Waals surface area contributed by atoms with E-state index in [2.05, 4.69) is 12.2 Å². The molecule has 4 N–H and O–H groups in total. The molecule has 0 atom stereocenters.